The van der Waals surface area contributed by atoms with E-state index in [2.05, 4.69) is 35.8 Å². The number of halogens is 1. The van der Waals surface area contributed by atoms with Gasteiger partial charge in [-0.2, -0.15) is 4.98 Å². The van der Waals surface area contributed by atoms with Crippen molar-refractivity contribution in [3.05, 3.63) is 65.2 Å². The van der Waals surface area contributed by atoms with Gasteiger partial charge in [0.05, 0.1) is 17.6 Å². The second-order valence-electron chi connectivity index (χ2n) is 8.72. The minimum absolute atomic E-state index is 0.536. The fourth-order valence-electron chi connectivity index (χ4n) is 4.32. The predicted molar refractivity (Wildman–Crippen MR) is 135 cm³/mol. The zero-order chi connectivity index (χ0) is 22.9. The number of nitrogens with two attached hydrogens (primary N) is 1. The maximum absolute atomic E-state index is 6.61. The van der Waals surface area contributed by atoms with E-state index in [0.717, 1.165) is 48.4 Å². The summed E-state index contributed by atoms with van der Waals surface area (Å²) in [4.78, 5) is 14.6. The average molecular weight is 462 g/mol. The molecule has 1 aliphatic heterocycles. The third kappa shape index (κ3) is 4.38. The van der Waals surface area contributed by atoms with Crippen LogP contribution in [0.1, 0.15) is 19.4 Å². The Bertz CT molecular complexity index is 1240. The number of nitrogen functional groups attached to an aromatic ring is 1. The van der Waals surface area contributed by atoms with Crippen molar-refractivity contribution in [3.63, 3.8) is 0 Å². The average Bonchev–Trinajstić information content (AvgIpc) is 3.15. The molecule has 2 aromatic heterocycles. The molecule has 0 aliphatic carbocycles. The fraction of sp³-hybridized carbons (Fsp3) is 0.320. The predicted octanol–water partition coefficient (Wildman–Crippen LogP) is 4.31. The standard InChI is InChI=1S/C25H28ClN7/c1-17(2)31-12-14-32(15-13-31)25-28-22(19-8-10-20(26)11-9-19)21-23(27)33(30-24(21)29-25)16-18-6-4-3-5-7-18/h3-11,17H,12-16,27H2,1-2H3. The Kier molecular flexibility index (Phi) is 5.91. The maximum Gasteiger partial charge on any atom is 0.228 e. The van der Waals surface area contributed by atoms with Gasteiger partial charge in [-0.15, -0.1) is 5.10 Å². The van der Waals surface area contributed by atoms with Gasteiger partial charge in [0.2, 0.25) is 5.95 Å². The fourth-order valence-corrected chi connectivity index (χ4v) is 4.44. The highest BCUT2D eigenvalue weighted by atomic mass is 35.5. The van der Waals surface area contributed by atoms with Gasteiger partial charge in [-0.3, -0.25) is 4.90 Å². The summed E-state index contributed by atoms with van der Waals surface area (Å²) < 4.78 is 1.81. The number of piperazine rings is 1. The van der Waals surface area contributed by atoms with Crippen LogP contribution in [0, 0.1) is 0 Å². The van der Waals surface area contributed by atoms with Gasteiger partial charge >= 0.3 is 0 Å². The van der Waals surface area contributed by atoms with Gasteiger partial charge in [-0.05, 0) is 31.5 Å². The lowest BCUT2D eigenvalue weighted by atomic mass is 10.1. The number of rotatable bonds is 5. The van der Waals surface area contributed by atoms with Gasteiger partial charge in [0.25, 0.3) is 0 Å². The van der Waals surface area contributed by atoms with Gasteiger partial charge in [0.15, 0.2) is 5.65 Å². The quantitative estimate of drug-likeness (QED) is 0.477. The Morgan fingerprint density at radius 3 is 2.30 bits per heavy atom. The van der Waals surface area contributed by atoms with E-state index in [1.807, 2.05) is 47.1 Å². The molecule has 5 rings (SSSR count). The van der Waals surface area contributed by atoms with E-state index in [9.17, 15) is 0 Å². The lowest BCUT2D eigenvalue weighted by Gasteiger charge is -2.36. The summed E-state index contributed by atoms with van der Waals surface area (Å²) in [6, 6.07) is 18.4. The highest BCUT2D eigenvalue weighted by Gasteiger charge is 2.24. The Morgan fingerprint density at radius 1 is 0.939 bits per heavy atom. The first-order chi connectivity index (χ1) is 16.0. The van der Waals surface area contributed by atoms with Crippen LogP contribution in [-0.2, 0) is 6.54 Å². The van der Waals surface area contributed by atoms with Crippen molar-refractivity contribution in [1.29, 1.82) is 0 Å². The summed E-state index contributed by atoms with van der Waals surface area (Å²) in [6.45, 7) is 8.78. The van der Waals surface area contributed by atoms with Gasteiger partial charge in [0.1, 0.15) is 5.82 Å². The summed E-state index contributed by atoms with van der Waals surface area (Å²) in [7, 11) is 0. The second-order valence-corrected chi connectivity index (χ2v) is 9.16. The molecule has 0 spiro atoms. The lowest BCUT2D eigenvalue weighted by Crippen LogP contribution is -2.49. The van der Waals surface area contributed by atoms with E-state index in [-0.39, 0.29) is 0 Å². The molecular formula is C25H28ClN7. The first-order valence-electron chi connectivity index (χ1n) is 11.3. The Hall–Kier alpha value is -3.16. The monoisotopic (exact) mass is 461 g/mol. The molecule has 0 unspecified atom stereocenters. The molecule has 7 nitrogen and oxygen atoms in total. The number of anilines is 2. The van der Waals surface area contributed by atoms with Crippen LogP contribution in [0.3, 0.4) is 0 Å². The van der Waals surface area contributed by atoms with Crippen LogP contribution in [0.2, 0.25) is 5.02 Å². The number of benzene rings is 2. The molecule has 0 saturated carbocycles. The first-order valence-corrected chi connectivity index (χ1v) is 11.7. The number of fused-ring (bicyclic) bond motifs is 1. The minimum Gasteiger partial charge on any atom is -0.383 e. The van der Waals surface area contributed by atoms with E-state index in [1.54, 1.807) is 0 Å². The normalized spacial score (nSPS) is 15.0. The van der Waals surface area contributed by atoms with Crippen LogP contribution in [0.5, 0.6) is 0 Å². The molecule has 0 radical (unpaired) electrons. The number of aromatic nitrogens is 4. The Balaban J connectivity index is 1.59. The summed E-state index contributed by atoms with van der Waals surface area (Å²) in [6.07, 6.45) is 0. The molecule has 2 N–H and O–H groups in total. The molecule has 0 atom stereocenters. The molecule has 8 heteroatoms. The smallest absolute Gasteiger partial charge is 0.228 e. The van der Waals surface area contributed by atoms with E-state index in [1.165, 1.54) is 0 Å². The van der Waals surface area contributed by atoms with Gasteiger partial charge in [-0.1, -0.05) is 54.1 Å². The van der Waals surface area contributed by atoms with Crippen molar-refractivity contribution in [2.45, 2.75) is 26.4 Å². The Morgan fingerprint density at radius 2 is 1.64 bits per heavy atom. The third-order valence-electron chi connectivity index (χ3n) is 6.25. The first kappa shape index (κ1) is 21.7. The molecule has 4 aromatic rings. The molecule has 1 fully saturated rings. The minimum atomic E-state index is 0.536. The van der Waals surface area contributed by atoms with E-state index in [0.29, 0.717) is 35.0 Å². The molecule has 170 valence electrons. The lowest BCUT2D eigenvalue weighted by molar-refractivity contribution is 0.208. The molecule has 0 bridgehead atoms. The van der Waals surface area contributed by atoms with Crippen molar-refractivity contribution >= 4 is 34.4 Å². The van der Waals surface area contributed by atoms with Gasteiger partial charge < -0.3 is 10.6 Å². The van der Waals surface area contributed by atoms with Crippen LogP contribution in [0.25, 0.3) is 22.3 Å². The highest BCUT2D eigenvalue weighted by molar-refractivity contribution is 6.30. The van der Waals surface area contributed by atoms with Crippen molar-refractivity contribution in [1.82, 2.24) is 24.6 Å². The van der Waals surface area contributed by atoms with Crippen LogP contribution in [-0.4, -0.2) is 56.9 Å². The van der Waals surface area contributed by atoms with Crippen molar-refractivity contribution in [2.24, 2.45) is 0 Å². The molecule has 1 aliphatic rings. The van der Waals surface area contributed by atoms with E-state index in [4.69, 9.17) is 32.4 Å². The van der Waals surface area contributed by atoms with Crippen LogP contribution in [0.15, 0.2) is 54.6 Å². The molecule has 3 heterocycles. The van der Waals surface area contributed by atoms with Gasteiger partial charge in [-0.25, -0.2) is 9.67 Å². The van der Waals surface area contributed by atoms with Crippen molar-refractivity contribution < 1.29 is 0 Å². The van der Waals surface area contributed by atoms with Crippen molar-refractivity contribution in [3.8, 4) is 11.3 Å². The number of nitrogens with zero attached hydrogens (tertiary/aromatic N) is 6. The molecule has 2 aromatic carbocycles. The maximum atomic E-state index is 6.61. The SMILES string of the molecule is CC(C)N1CCN(c2nc(-c3ccc(Cl)cc3)c3c(N)n(Cc4ccccc4)nc3n2)CC1. The molecule has 0 amide bonds. The highest BCUT2D eigenvalue weighted by Crippen LogP contribution is 2.33. The Labute approximate surface area is 198 Å². The zero-order valence-corrected chi connectivity index (χ0v) is 19.7. The van der Waals surface area contributed by atoms with E-state index < -0.39 is 0 Å². The summed E-state index contributed by atoms with van der Waals surface area (Å²) in [5.74, 6) is 1.26. The second kappa shape index (κ2) is 9.00. The topological polar surface area (TPSA) is 76.1 Å². The van der Waals surface area contributed by atoms with Crippen molar-refractivity contribution in [2.75, 3.05) is 36.8 Å². The largest absolute Gasteiger partial charge is 0.383 e. The zero-order valence-electron chi connectivity index (χ0n) is 18.9. The molecular weight excluding hydrogens is 434 g/mol. The van der Waals surface area contributed by atoms with Crippen LogP contribution in [0.4, 0.5) is 11.8 Å². The van der Waals surface area contributed by atoms with Crippen LogP contribution < -0.4 is 10.6 Å². The molecule has 33 heavy (non-hydrogen) atoms. The third-order valence-corrected chi connectivity index (χ3v) is 6.50. The summed E-state index contributed by atoms with van der Waals surface area (Å²) in [5, 5.41) is 6.25. The van der Waals surface area contributed by atoms with Crippen LogP contribution >= 0.6 is 11.6 Å². The summed E-state index contributed by atoms with van der Waals surface area (Å²) >= 11 is 6.15. The van der Waals surface area contributed by atoms with Gasteiger partial charge in [0, 0.05) is 42.8 Å². The molecule has 1 saturated heterocycles. The summed E-state index contributed by atoms with van der Waals surface area (Å²) in [5.41, 5.74) is 10.1. The number of hydrogen-bond donors (Lipinski definition) is 1. The van der Waals surface area contributed by atoms with E-state index >= 15 is 0 Å². The number of hydrogen-bond acceptors (Lipinski definition) is 6.